The van der Waals surface area contributed by atoms with E-state index in [9.17, 15) is 13.2 Å². The van der Waals surface area contributed by atoms with Crippen LogP contribution in [0.3, 0.4) is 0 Å². The van der Waals surface area contributed by atoms with Crippen molar-refractivity contribution in [3.05, 3.63) is 89.5 Å². The van der Waals surface area contributed by atoms with E-state index in [-0.39, 0.29) is 16.4 Å². The highest BCUT2D eigenvalue weighted by atomic mass is 32.2. The Morgan fingerprint density at radius 3 is 2.53 bits per heavy atom. The van der Waals surface area contributed by atoms with Crippen LogP contribution in [0.25, 0.3) is 0 Å². The summed E-state index contributed by atoms with van der Waals surface area (Å²) in [6.45, 7) is 0.748. The second kappa shape index (κ2) is 8.30. The summed E-state index contributed by atoms with van der Waals surface area (Å²) < 4.78 is 33.0. The van der Waals surface area contributed by atoms with E-state index in [1.165, 1.54) is 22.0 Å². The van der Waals surface area contributed by atoms with Crippen molar-refractivity contribution in [1.82, 2.24) is 4.31 Å². The van der Waals surface area contributed by atoms with E-state index >= 15 is 0 Å². The van der Waals surface area contributed by atoms with Gasteiger partial charge in [0.15, 0.2) is 0 Å². The number of benzene rings is 3. The molecule has 0 saturated carbocycles. The third-order valence-electron chi connectivity index (χ3n) is 5.16. The molecule has 0 atom stereocenters. The summed E-state index contributed by atoms with van der Waals surface area (Å²) in [5.74, 6) is 0.235. The van der Waals surface area contributed by atoms with Crippen LogP contribution in [0.2, 0.25) is 0 Å². The molecule has 0 spiro atoms. The summed E-state index contributed by atoms with van der Waals surface area (Å²) in [6.07, 6.45) is 0.672. The van der Waals surface area contributed by atoms with Crippen LogP contribution in [0, 0.1) is 0 Å². The van der Waals surface area contributed by atoms with Gasteiger partial charge >= 0.3 is 0 Å². The van der Waals surface area contributed by atoms with E-state index < -0.39 is 10.0 Å². The summed E-state index contributed by atoms with van der Waals surface area (Å²) in [7, 11) is -2.16. The van der Waals surface area contributed by atoms with Crippen LogP contribution < -0.4 is 10.1 Å². The lowest BCUT2D eigenvalue weighted by Gasteiger charge is -2.28. The second-order valence-electron chi connectivity index (χ2n) is 7.07. The highest BCUT2D eigenvalue weighted by molar-refractivity contribution is 7.89. The topological polar surface area (TPSA) is 75.7 Å². The molecule has 1 heterocycles. The molecular weight excluding hydrogens is 400 g/mol. The number of carbonyl (C=O) groups is 1. The molecule has 6 nitrogen and oxygen atoms in total. The number of carbonyl (C=O) groups excluding carboxylic acids is 1. The van der Waals surface area contributed by atoms with Gasteiger partial charge < -0.3 is 10.1 Å². The van der Waals surface area contributed by atoms with Crippen LogP contribution in [0.4, 0.5) is 5.69 Å². The van der Waals surface area contributed by atoms with Crippen molar-refractivity contribution < 1.29 is 17.9 Å². The number of amides is 1. The molecule has 7 heteroatoms. The first kappa shape index (κ1) is 20.1. The number of ether oxygens (including phenoxy) is 1. The summed E-state index contributed by atoms with van der Waals surface area (Å²) in [5, 5.41) is 2.78. The van der Waals surface area contributed by atoms with Crippen LogP contribution in [0.1, 0.15) is 21.5 Å². The highest BCUT2D eigenvalue weighted by Gasteiger charge is 2.28. The summed E-state index contributed by atoms with van der Waals surface area (Å²) in [4.78, 5) is 12.8. The Kier molecular flexibility index (Phi) is 5.57. The molecule has 1 N–H and O–H groups in total. The molecule has 4 rings (SSSR count). The van der Waals surface area contributed by atoms with Gasteiger partial charge in [-0.1, -0.05) is 36.4 Å². The largest absolute Gasteiger partial charge is 0.497 e. The number of hydrogen-bond donors (Lipinski definition) is 1. The van der Waals surface area contributed by atoms with Crippen molar-refractivity contribution in [1.29, 1.82) is 0 Å². The minimum atomic E-state index is -3.71. The molecule has 1 aliphatic rings. The minimum Gasteiger partial charge on any atom is -0.497 e. The van der Waals surface area contributed by atoms with Crippen LogP contribution in [-0.4, -0.2) is 32.3 Å². The van der Waals surface area contributed by atoms with E-state index in [0.717, 1.165) is 5.56 Å². The predicted octanol–water partition coefficient (Wildman–Crippen LogP) is 3.69. The lowest BCUT2D eigenvalue weighted by molar-refractivity contribution is 0.102. The van der Waals surface area contributed by atoms with Gasteiger partial charge in [0.2, 0.25) is 10.0 Å². The SMILES string of the molecule is COc1cccc(NC(=O)c2cccc(S(=O)(=O)N3CCc4ccccc4C3)c2)c1. The number of nitrogens with one attached hydrogen (secondary N) is 1. The van der Waals surface area contributed by atoms with Crippen molar-refractivity contribution in [2.75, 3.05) is 19.0 Å². The first-order chi connectivity index (χ1) is 14.5. The molecule has 0 aliphatic carbocycles. The number of fused-ring (bicyclic) bond motifs is 1. The van der Waals surface area contributed by atoms with Gasteiger partial charge in [-0.05, 0) is 47.9 Å². The molecule has 0 fully saturated rings. The first-order valence-electron chi connectivity index (χ1n) is 9.60. The standard InChI is InChI=1S/C23H22N2O4S/c1-29-21-10-5-9-20(15-21)24-23(26)18-8-4-11-22(14-18)30(27,28)25-13-12-17-6-2-3-7-19(17)16-25/h2-11,14-15H,12-13,16H2,1H3,(H,24,26). The van der Waals surface area contributed by atoms with Crippen molar-refractivity contribution in [2.45, 2.75) is 17.9 Å². The Labute approximate surface area is 176 Å². The van der Waals surface area contributed by atoms with E-state index in [0.29, 0.717) is 30.9 Å². The van der Waals surface area contributed by atoms with Gasteiger partial charge in [0, 0.05) is 30.4 Å². The number of hydrogen-bond acceptors (Lipinski definition) is 4. The Balaban J connectivity index is 1.56. The van der Waals surface area contributed by atoms with Crippen molar-refractivity contribution >= 4 is 21.6 Å². The molecule has 1 amide bonds. The van der Waals surface area contributed by atoms with Gasteiger partial charge in [0.05, 0.1) is 12.0 Å². The fraction of sp³-hybridized carbons (Fsp3) is 0.174. The Bertz CT molecular complexity index is 1190. The number of sulfonamides is 1. The molecule has 0 aromatic heterocycles. The van der Waals surface area contributed by atoms with E-state index in [1.54, 1.807) is 43.5 Å². The molecule has 0 saturated heterocycles. The van der Waals surface area contributed by atoms with Crippen LogP contribution >= 0.6 is 0 Å². The lowest BCUT2D eigenvalue weighted by Crippen LogP contribution is -2.36. The van der Waals surface area contributed by atoms with Crippen molar-refractivity contribution in [2.24, 2.45) is 0 Å². The monoisotopic (exact) mass is 422 g/mol. The molecule has 0 radical (unpaired) electrons. The predicted molar refractivity (Wildman–Crippen MR) is 115 cm³/mol. The zero-order valence-corrected chi connectivity index (χ0v) is 17.4. The van der Waals surface area contributed by atoms with Crippen LogP contribution in [0.15, 0.2) is 77.7 Å². The van der Waals surface area contributed by atoms with Crippen LogP contribution in [-0.2, 0) is 23.0 Å². The quantitative estimate of drug-likeness (QED) is 0.680. The average Bonchev–Trinajstić information content (AvgIpc) is 2.79. The number of nitrogens with zero attached hydrogens (tertiary/aromatic N) is 1. The molecule has 3 aromatic rings. The van der Waals surface area contributed by atoms with E-state index in [2.05, 4.69) is 5.32 Å². The number of methoxy groups -OCH3 is 1. The minimum absolute atomic E-state index is 0.111. The first-order valence-corrected chi connectivity index (χ1v) is 11.0. The lowest BCUT2D eigenvalue weighted by atomic mass is 10.0. The zero-order valence-electron chi connectivity index (χ0n) is 16.5. The summed E-state index contributed by atoms with van der Waals surface area (Å²) >= 11 is 0. The molecule has 154 valence electrons. The third kappa shape index (κ3) is 4.08. The summed E-state index contributed by atoms with van der Waals surface area (Å²) in [6, 6.07) is 21.0. The van der Waals surface area contributed by atoms with Gasteiger partial charge in [0.25, 0.3) is 5.91 Å². The second-order valence-corrected chi connectivity index (χ2v) is 9.01. The summed E-state index contributed by atoms with van der Waals surface area (Å²) in [5.41, 5.74) is 3.03. The fourth-order valence-corrected chi connectivity index (χ4v) is 4.99. The van der Waals surface area contributed by atoms with E-state index in [4.69, 9.17) is 4.74 Å². The molecular formula is C23H22N2O4S. The molecule has 30 heavy (non-hydrogen) atoms. The van der Waals surface area contributed by atoms with E-state index in [1.807, 2.05) is 24.3 Å². The molecule has 3 aromatic carbocycles. The maximum absolute atomic E-state index is 13.2. The fourth-order valence-electron chi connectivity index (χ4n) is 3.53. The average molecular weight is 423 g/mol. The normalized spacial score (nSPS) is 14.0. The molecule has 0 unspecified atom stereocenters. The zero-order chi connectivity index (χ0) is 21.1. The molecule has 0 bridgehead atoms. The highest BCUT2D eigenvalue weighted by Crippen LogP contribution is 2.25. The Hall–Kier alpha value is -3.16. The number of anilines is 1. The Morgan fingerprint density at radius 2 is 1.73 bits per heavy atom. The van der Waals surface area contributed by atoms with Gasteiger partial charge in [-0.2, -0.15) is 4.31 Å². The van der Waals surface area contributed by atoms with Crippen LogP contribution in [0.5, 0.6) is 5.75 Å². The van der Waals surface area contributed by atoms with Gasteiger partial charge in [0.1, 0.15) is 5.75 Å². The smallest absolute Gasteiger partial charge is 0.255 e. The molecule has 1 aliphatic heterocycles. The van der Waals surface area contributed by atoms with Crippen molar-refractivity contribution in [3.8, 4) is 5.75 Å². The number of rotatable bonds is 5. The maximum atomic E-state index is 13.2. The third-order valence-corrected chi connectivity index (χ3v) is 7.00. The Morgan fingerprint density at radius 1 is 0.967 bits per heavy atom. The van der Waals surface area contributed by atoms with Gasteiger partial charge in [-0.3, -0.25) is 4.79 Å². The maximum Gasteiger partial charge on any atom is 0.255 e. The van der Waals surface area contributed by atoms with Crippen molar-refractivity contribution in [3.63, 3.8) is 0 Å². The van der Waals surface area contributed by atoms with Gasteiger partial charge in [-0.15, -0.1) is 0 Å². The van der Waals surface area contributed by atoms with Gasteiger partial charge in [-0.25, -0.2) is 8.42 Å².